The number of likely N-dealkylation sites (tertiary alicyclic amines) is 1. The van der Waals surface area contributed by atoms with Crippen LogP contribution in [-0.2, 0) is 20.0 Å². The maximum absolute atomic E-state index is 4.46. The molecule has 1 saturated heterocycles. The van der Waals surface area contributed by atoms with Gasteiger partial charge in [0.15, 0.2) is 0 Å². The van der Waals surface area contributed by atoms with Crippen molar-refractivity contribution >= 4 is 11.3 Å². The molecular weight excluding hydrogens is 254 g/mol. The molecule has 0 radical (unpaired) electrons. The predicted octanol–water partition coefficient (Wildman–Crippen LogP) is 2.94. The fourth-order valence-electron chi connectivity index (χ4n) is 2.95. The van der Waals surface area contributed by atoms with Gasteiger partial charge in [0, 0.05) is 39.0 Å². The second kappa shape index (κ2) is 5.88. The monoisotopic (exact) mass is 275 g/mol. The lowest BCUT2D eigenvalue weighted by Crippen LogP contribution is -2.35. The maximum atomic E-state index is 4.46. The highest BCUT2D eigenvalue weighted by Gasteiger charge is 2.21. The number of piperidine rings is 1. The molecule has 2 aromatic rings. The van der Waals surface area contributed by atoms with E-state index in [-0.39, 0.29) is 0 Å². The van der Waals surface area contributed by atoms with Gasteiger partial charge in [-0.1, -0.05) is 0 Å². The molecule has 0 aromatic carbocycles. The molecular formula is C15H21N3S. The lowest BCUT2D eigenvalue weighted by Gasteiger charge is -2.32. The SMILES string of the molecule is Cn1ccnc1C[C@@H]1CCCN(Cc2ccsc2)C1. The zero-order chi connectivity index (χ0) is 13.1. The summed E-state index contributed by atoms with van der Waals surface area (Å²) in [5.41, 5.74) is 1.46. The molecule has 19 heavy (non-hydrogen) atoms. The van der Waals surface area contributed by atoms with Gasteiger partial charge in [-0.15, -0.1) is 0 Å². The van der Waals surface area contributed by atoms with Gasteiger partial charge in [0.1, 0.15) is 5.82 Å². The van der Waals surface area contributed by atoms with E-state index in [9.17, 15) is 0 Å². The summed E-state index contributed by atoms with van der Waals surface area (Å²) in [4.78, 5) is 7.05. The van der Waals surface area contributed by atoms with E-state index in [1.807, 2.05) is 12.4 Å². The topological polar surface area (TPSA) is 21.1 Å². The van der Waals surface area contributed by atoms with Gasteiger partial charge >= 0.3 is 0 Å². The summed E-state index contributed by atoms with van der Waals surface area (Å²) >= 11 is 1.79. The first kappa shape index (κ1) is 12.9. The van der Waals surface area contributed by atoms with Crippen LogP contribution in [0.2, 0.25) is 0 Å². The van der Waals surface area contributed by atoms with E-state index >= 15 is 0 Å². The Bertz CT molecular complexity index is 503. The quantitative estimate of drug-likeness (QED) is 0.855. The number of imidazole rings is 1. The zero-order valence-corrected chi connectivity index (χ0v) is 12.3. The molecule has 0 saturated carbocycles. The molecule has 0 amide bonds. The third-order valence-corrected chi connectivity index (χ3v) is 4.71. The molecule has 2 aromatic heterocycles. The molecule has 0 spiro atoms. The highest BCUT2D eigenvalue weighted by Crippen LogP contribution is 2.22. The first-order valence-electron chi connectivity index (χ1n) is 7.01. The number of rotatable bonds is 4. The van der Waals surface area contributed by atoms with Gasteiger partial charge in [-0.25, -0.2) is 4.98 Å². The lowest BCUT2D eigenvalue weighted by molar-refractivity contribution is 0.165. The van der Waals surface area contributed by atoms with Crippen molar-refractivity contribution < 1.29 is 0 Å². The van der Waals surface area contributed by atoms with Gasteiger partial charge in [-0.2, -0.15) is 11.3 Å². The van der Waals surface area contributed by atoms with Crippen molar-refractivity contribution in [1.29, 1.82) is 0 Å². The molecule has 4 heteroatoms. The summed E-state index contributed by atoms with van der Waals surface area (Å²) in [7, 11) is 2.09. The van der Waals surface area contributed by atoms with Gasteiger partial charge in [-0.3, -0.25) is 4.90 Å². The van der Waals surface area contributed by atoms with Crippen LogP contribution in [0.5, 0.6) is 0 Å². The molecule has 102 valence electrons. The molecule has 0 N–H and O–H groups in total. The summed E-state index contributed by atoms with van der Waals surface area (Å²) in [5, 5.41) is 4.44. The molecule has 1 atom stereocenters. The molecule has 0 bridgehead atoms. The Morgan fingerprint density at radius 1 is 1.47 bits per heavy atom. The Morgan fingerprint density at radius 2 is 2.42 bits per heavy atom. The summed E-state index contributed by atoms with van der Waals surface area (Å²) in [5.74, 6) is 1.98. The summed E-state index contributed by atoms with van der Waals surface area (Å²) in [6.45, 7) is 3.57. The Hall–Kier alpha value is -1.13. The van der Waals surface area contributed by atoms with Crippen molar-refractivity contribution in [3.63, 3.8) is 0 Å². The number of aromatic nitrogens is 2. The van der Waals surface area contributed by atoms with Crippen LogP contribution < -0.4 is 0 Å². The van der Waals surface area contributed by atoms with E-state index < -0.39 is 0 Å². The molecule has 0 unspecified atom stereocenters. The third-order valence-electron chi connectivity index (χ3n) is 3.98. The van der Waals surface area contributed by atoms with Gasteiger partial charge in [0.05, 0.1) is 0 Å². The third kappa shape index (κ3) is 3.25. The number of hydrogen-bond acceptors (Lipinski definition) is 3. The standard InChI is InChI=1S/C15H21N3S/c1-17-7-5-16-15(17)9-13-3-2-6-18(10-13)11-14-4-8-19-12-14/h4-5,7-8,12-13H,2-3,6,9-11H2,1H3/t13-/m0/s1. The normalized spacial score (nSPS) is 20.8. The van der Waals surface area contributed by atoms with Crippen molar-refractivity contribution in [1.82, 2.24) is 14.5 Å². The van der Waals surface area contributed by atoms with E-state index in [0.29, 0.717) is 0 Å². The molecule has 3 rings (SSSR count). The van der Waals surface area contributed by atoms with E-state index in [1.165, 1.54) is 37.3 Å². The average molecular weight is 275 g/mol. The van der Waals surface area contributed by atoms with Gasteiger partial charge < -0.3 is 4.57 Å². The van der Waals surface area contributed by atoms with Crippen LogP contribution in [0.1, 0.15) is 24.2 Å². The molecule has 1 aliphatic heterocycles. The van der Waals surface area contributed by atoms with Gasteiger partial charge in [0.25, 0.3) is 0 Å². The van der Waals surface area contributed by atoms with Crippen molar-refractivity contribution in [2.75, 3.05) is 13.1 Å². The molecule has 3 nitrogen and oxygen atoms in total. The van der Waals surface area contributed by atoms with Crippen molar-refractivity contribution in [3.8, 4) is 0 Å². The fraction of sp³-hybridized carbons (Fsp3) is 0.533. The summed E-state index contributed by atoms with van der Waals surface area (Å²) in [6, 6.07) is 2.24. The highest BCUT2D eigenvalue weighted by molar-refractivity contribution is 7.07. The molecule has 1 aliphatic rings. The maximum Gasteiger partial charge on any atom is 0.108 e. The van der Waals surface area contributed by atoms with E-state index in [4.69, 9.17) is 0 Å². The minimum Gasteiger partial charge on any atom is -0.338 e. The predicted molar refractivity (Wildman–Crippen MR) is 79.2 cm³/mol. The van der Waals surface area contributed by atoms with Crippen molar-refractivity contribution in [3.05, 3.63) is 40.6 Å². The smallest absolute Gasteiger partial charge is 0.108 e. The molecule has 3 heterocycles. The number of hydrogen-bond donors (Lipinski definition) is 0. The van der Waals surface area contributed by atoms with Crippen molar-refractivity contribution in [2.45, 2.75) is 25.8 Å². The van der Waals surface area contributed by atoms with Crippen LogP contribution in [0, 0.1) is 5.92 Å². The van der Waals surface area contributed by atoms with Crippen LogP contribution in [-0.4, -0.2) is 27.5 Å². The number of aryl methyl sites for hydroxylation is 1. The van der Waals surface area contributed by atoms with Crippen molar-refractivity contribution in [2.24, 2.45) is 13.0 Å². The van der Waals surface area contributed by atoms with E-state index in [0.717, 1.165) is 18.9 Å². The zero-order valence-electron chi connectivity index (χ0n) is 11.5. The average Bonchev–Trinajstić information content (AvgIpc) is 3.03. The van der Waals surface area contributed by atoms with Gasteiger partial charge in [-0.05, 0) is 47.7 Å². The Morgan fingerprint density at radius 3 is 3.16 bits per heavy atom. The molecule has 1 fully saturated rings. The van der Waals surface area contributed by atoms with Crippen LogP contribution in [0.25, 0.3) is 0 Å². The Balaban J connectivity index is 1.57. The number of thiophene rings is 1. The summed E-state index contributed by atoms with van der Waals surface area (Å²) < 4.78 is 2.15. The first-order chi connectivity index (χ1) is 9.31. The van der Waals surface area contributed by atoms with Crippen LogP contribution in [0.3, 0.4) is 0 Å². The Kier molecular flexibility index (Phi) is 3.99. The highest BCUT2D eigenvalue weighted by atomic mass is 32.1. The fourth-order valence-corrected chi connectivity index (χ4v) is 3.61. The minimum absolute atomic E-state index is 0.758. The van der Waals surface area contributed by atoms with Crippen LogP contribution in [0.15, 0.2) is 29.2 Å². The second-order valence-electron chi connectivity index (χ2n) is 5.53. The second-order valence-corrected chi connectivity index (χ2v) is 6.31. The Labute approximate surface area is 118 Å². The summed E-state index contributed by atoms with van der Waals surface area (Å²) in [6.07, 6.45) is 7.72. The lowest BCUT2D eigenvalue weighted by atomic mass is 9.94. The number of nitrogens with zero attached hydrogens (tertiary/aromatic N) is 3. The minimum atomic E-state index is 0.758. The largest absolute Gasteiger partial charge is 0.338 e. The molecule has 0 aliphatic carbocycles. The van der Waals surface area contributed by atoms with Crippen LogP contribution in [0.4, 0.5) is 0 Å². The van der Waals surface area contributed by atoms with E-state index in [2.05, 4.69) is 38.3 Å². The van der Waals surface area contributed by atoms with Gasteiger partial charge in [0.2, 0.25) is 0 Å². The van der Waals surface area contributed by atoms with E-state index in [1.54, 1.807) is 11.3 Å². The first-order valence-corrected chi connectivity index (χ1v) is 7.95. The van der Waals surface area contributed by atoms with Crippen LogP contribution >= 0.6 is 11.3 Å².